The van der Waals surface area contributed by atoms with Gasteiger partial charge in [0, 0.05) is 38.0 Å². The number of carbonyl (C=O) groups excluding carboxylic acids is 1. The van der Waals surface area contributed by atoms with Crippen molar-refractivity contribution >= 4 is 16.9 Å². The van der Waals surface area contributed by atoms with E-state index in [0.717, 1.165) is 42.2 Å². The summed E-state index contributed by atoms with van der Waals surface area (Å²) in [5.74, 6) is 1.47. The molecule has 1 saturated carbocycles. The fourth-order valence-electron chi connectivity index (χ4n) is 4.85. The van der Waals surface area contributed by atoms with Crippen LogP contribution in [0.5, 0.6) is 0 Å². The molecule has 1 saturated heterocycles. The van der Waals surface area contributed by atoms with E-state index in [1.165, 1.54) is 25.7 Å². The number of aromatic nitrogens is 5. The number of fused-ring (bicyclic) bond motifs is 1. The fraction of sp³-hybridized carbons (Fsp3) is 0.524. The van der Waals surface area contributed by atoms with Gasteiger partial charge in [0.1, 0.15) is 5.69 Å². The van der Waals surface area contributed by atoms with Crippen LogP contribution in [-0.4, -0.2) is 47.9 Å². The lowest BCUT2D eigenvalue weighted by Crippen LogP contribution is -2.34. The van der Waals surface area contributed by atoms with E-state index in [-0.39, 0.29) is 0 Å². The van der Waals surface area contributed by atoms with Crippen molar-refractivity contribution in [2.45, 2.75) is 58.2 Å². The summed E-state index contributed by atoms with van der Waals surface area (Å²) in [6.45, 7) is 4.53. The van der Waals surface area contributed by atoms with Crippen molar-refractivity contribution in [2.75, 3.05) is 6.54 Å². The highest BCUT2D eigenvalue weighted by molar-refractivity contribution is 5.80. The molecule has 146 valence electrons. The highest BCUT2D eigenvalue weighted by Crippen LogP contribution is 2.30. The van der Waals surface area contributed by atoms with Gasteiger partial charge >= 0.3 is 0 Å². The van der Waals surface area contributed by atoms with Crippen LogP contribution in [0.4, 0.5) is 0 Å². The van der Waals surface area contributed by atoms with E-state index < -0.39 is 0 Å². The highest BCUT2D eigenvalue weighted by Gasteiger charge is 2.35. The molecule has 0 spiro atoms. The summed E-state index contributed by atoms with van der Waals surface area (Å²) in [6.07, 6.45) is 7.43. The van der Waals surface area contributed by atoms with Crippen molar-refractivity contribution < 1.29 is 4.79 Å². The third-order valence-electron chi connectivity index (χ3n) is 6.19. The third-order valence-corrected chi connectivity index (χ3v) is 6.19. The number of hydrogen-bond donors (Lipinski definition) is 0. The number of para-hydroxylation sites is 2. The second-order valence-corrected chi connectivity index (χ2v) is 8.05. The Morgan fingerprint density at radius 1 is 1.18 bits per heavy atom. The summed E-state index contributed by atoms with van der Waals surface area (Å²) in [7, 11) is 0. The average Bonchev–Trinajstić information content (AvgIpc) is 3.47. The number of aryl methyl sites for hydroxylation is 1. The van der Waals surface area contributed by atoms with Crippen molar-refractivity contribution in [3.8, 4) is 11.5 Å². The van der Waals surface area contributed by atoms with Gasteiger partial charge in [-0.15, -0.1) is 5.10 Å². The maximum absolute atomic E-state index is 12.4. The summed E-state index contributed by atoms with van der Waals surface area (Å²) < 4.78 is 4.05. The number of rotatable bonds is 5. The van der Waals surface area contributed by atoms with E-state index >= 15 is 0 Å². The Balaban J connectivity index is 1.34. The first-order valence-corrected chi connectivity index (χ1v) is 10.4. The minimum Gasteiger partial charge on any atom is -0.339 e. The Hall–Kier alpha value is -2.70. The lowest BCUT2D eigenvalue weighted by atomic mass is 10.1. The molecule has 1 aromatic carbocycles. The molecule has 5 rings (SSSR count). The van der Waals surface area contributed by atoms with Crippen LogP contribution in [0.25, 0.3) is 22.6 Å². The van der Waals surface area contributed by atoms with Gasteiger partial charge in [-0.05, 0) is 31.9 Å². The van der Waals surface area contributed by atoms with Crippen molar-refractivity contribution in [1.29, 1.82) is 0 Å². The Kier molecular flexibility index (Phi) is 4.37. The highest BCUT2D eigenvalue weighted by atomic mass is 16.2. The lowest BCUT2D eigenvalue weighted by molar-refractivity contribution is -0.129. The molecule has 1 amide bonds. The molecule has 0 radical (unpaired) electrons. The minimum absolute atomic E-state index is 0.310. The first-order valence-electron chi connectivity index (χ1n) is 10.4. The molecule has 2 aliphatic rings. The Labute approximate surface area is 164 Å². The van der Waals surface area contributed by atoms with Crippen molar-refractivity contribution in [3.05, 3.63) is 30.5 Å². The van der Waals surface area contributed by atoms with E-state index in [1.807, 2.05) is 29.1 Å². The Bertz CT molecular complexity index is 999. The van der Waals surface area contributed by atoms with Crippen molar-refractivity contribution in [2.24, 2.45) is 5.92 Å². The van der Waals surface area contributed by atoms with Crippen LogP contribution < -0.4 is 0 Å². The van der Waals surface area contributed by atoms with Crippen LogP contribution in [0.15, 0.2) is 30.5 Å². The summed E-state index contributed by atoms with van der Waals surface area (Å²) >= 11 is 0. The first-order chi connectivity index (χ1) is 13.7. The van der Waals surface area contributed by atoms with Gasteiger partial charge in [-0.2, -0.15) is 0 Å². The Morgan fingerprint density at radius 3 is 2.82 bits per heavy atom. The van der Waals surface area contributed by atoms with Crippen molar-refractivity contribution in [1.82, 2.24) is 29.4 Å². The topological polar surface area (TPSA) is 68.8 Å². The third kappa shape index (κ3) is 2.99. The number of amides is 1. The fourth-order valence-corrected chi connectivity index (χ4v) is 4.85. The van der Waals surface area contributed by atoms with Crippen LogP contribution in [0, 0.1) is 5.92 Å². The van der Waals surface area contributed by atoms with Crippen LogP contribution in [0.2, 0.25) is 0 Å². The van der Waals surface area contributed by atoms with E-state index in [0.29, 0.717) is 24.3 Å². The molecule has 7 heteroatoms. The molecule has 3 aromatic rings. The summed E-state index contributed by atoms with van der Waals surface area (Å²) in [4.78, 5) is 19.3. The smallest absolute Gasteiger partial charge is 0.223 e. The van der Waals surface area contributed by atoms with Gasteiger partial charge in [0.25, 0.3) is 0 Å². The summed E-state index contributed by atoms with van der Waals surface area (Å²) in [6, 6.07) is 8.61. The largest absolute Gasteiger partial charge is 0.339 e. The van der Waals surface area contributed by atoms with E-state index in [2.05, 4.69) is 32.8 Å². The molecule has 28 heavy (non-hydrogen) atoms. The van der Waals surface area contributed by atoms with Crippen LogP contribution in [0.3, 0.4) is 0 Å². The molecular weight excluding hydrogens is 352 g/mol. The number of carbonyl (C=O) groups is 1. The number of likely N-dealkylation sites (tertiary alicyclic amines) is 1. The first kappa shape index (κ1) is 17.4. The summed E-state index contributed by atoms with van der Waals surface area (Å²) in [5, 5.41) is 8.71. The van der Waals surface area contributed by atoms with Gasteiger partial charge in [0.15, 0.2) is 5.82 Å². The standard InChI is InChI=1S/C21H26N6O/c1-2-26-19-10-6-5-9-17(19)22-21(26)18-14-25(24-23-18)12-15-11-20(28)27(13-15)16-7-3-4-8-16/h5-6,9-10,14-16H,2-4,7-8,11-13H2,1H3/t15-/m1/s1. The average molecular weight is 378 g/mol. The van der Waals surface area contributed by atoms with Crippen LogP contribution in [-0.2, 0) is 17.9 Å². The van der Waals surface area contributed by atoms with Crippen LogP contribution >= 0.6 is 0 Å². The molecule has 2 fully saturated rings. The monoisotopic (exact) mass is 378 g/mol. The lowest BCUT2D eigenvalue weighted by Gasteiger charge is -2.24. The zero-order valence-corrected chi connectivity index (χ0v) is 16.3. The van der Waals surface area contributed by atoms with Gasteiger partial charge in [0.2, 0.25) is 5.91 Å². The zero-order valence-electron chi connectivity index (χ0n) is 16.3. The number of imidazole rings is 1. The maximum atomic E-state index is 12.4. The van der Waals surface area contributed by atoms with Gasteiger partial charge in [-0.25, -0.2) is 4.98 Å². The molecule has 1 aliphatic carbocycles. The zero-order chi connectivity index (χ0) is 19.1. The molecular formula is C21H26N6O. The number of nitrogens with zero attached hydrogens (tertiary/aromatic N) is 6. The van der Waals surface area contributed by atoms with Gasteiger partial charge < -0.3 is 9.47 Å². The SMILES string of the molecule is CCn1c(-c2cn(C[C@H]3CC(=O)N(C4CCCC4)C3)nn2)nc2ccccc21. The summed E-state index contributed by atoms with van der Waals surface area (Å²) in [5.41, 5.74) is 2.88. The molecule has 0 bridgehead atoms. The molecule has 0 N–H and O–H groups in total. The van der Waals surface area contributed by atoms with Gasteiger partial charge in [-0.1, -0.05) is 30.2 Å². The Morgan fingerprint density at radius 2 is 2.00 bits per heavy atom. The molecule has 1 aliphatic heterocycles. The van der Waals surface area contributed by atoms with E-state index in [9.17, 15) is 4.79 Å². The van der Waals surface area contributed by atoms with E-state index in [1.54, 1.807) is 0 Å². The second-order valence-electron chi connectivity index (χ2n) is 8.05. The van der Waals surface area contributed by atoms with Crippen molar-refractivity contribution in [3.63, 3.8) is 0 Å². The van der Waals surface area contributed by atoms with E-state index in [4.69, 9.17) is 4.98 Å². The van der Waals surface area contributed by atoms with Gasteiger partial charge in [-0.3, -0.25) is 9.48 Å². The normalized spacial score (nSPS) is 20.7. The maximum Gasteiger partial charge on any atom is 0.223 e. The number of hydrogen-bond acceptors (Lipinski definition) is 4. The van der Waals surface area contributed by atoms with Crippen LogP contribution in [0.1, 0.15) is 39.0 Å². The molecule has 3 heterocycles. The van der Waals surface area contributed by atoms with Gasteiger partial charge in [0.05, 0.1) is 17.2 Å². The molecule has 7 nitrogen and oxygen atoms in total. The number of benzene rings is 1. The predicted molar refractivity (Wildman–Crippen MR) is 106 cm³/mol. The molecule has 1 atom stereocenters. The second kappa shape index (κ2) is 7.04. The predicted octanol–water partition coefficient (Wildman–Crippen LogP) is 3.11. The molecule has 2 aromatic heterocycles. The molecule has 0 unspecified atom stereocenters. The quantitative estimate of drug-likeness (QED) is 0.684. The minimum atomic E-state index is 0.310.